The highest BCUT2D eigenvalue weighted by Crippen LogP contribution is 2.55. The molecule has 0 amide bonds. The molecule has 1 heterocycles. The van der Waals surface area contributed by atoms with Gasteiger partial charge in [0.15, 0.2) is 0 Å². The van der Waals surface area contributed by atoms with Crippen molar-refractivity contribution in [2.75, 3.05) is 0 Å². The molecule has 3 aromatic carbocycles. The van der Waals surface area contributed by atoms with Crippen molar-refractivity contribution in [1.82, 2.24) is 4.98 Å². The summed E-state index contributed by atoms with van der Waals surface area (Å²) in [5, 5.41) is 0. The number of fused-ring (bicyclic) bond motifs is 6. The molecule has 1 nitrogen and oxygen atoms in total. The lowest BCUT2D eigenvalue weighted by atomic mass is 9.76. The molecule has 0 aliphatic heterocycles. The van der Waals surface area contributed by atoms with E-state index in [9.17, 15) is 0 Å². The van der Waals surface area contributed by atoms with E-state index in [1.54, 1.807) is 0 Å². The maximum absolute atomic E-state index is 4.54. The van der Waals surface area contributed by atoms with Gasteiger partial charge in [-0.3, -0.25) is 4.98 Å². The Morgan fingerprint density at radius 3 is 2.43 bits per heavy atom. The number of halogens is 1. The van der Waals surface area contributed by atoms with Gasteiger partial charge in [-0.1, -0.05) is 64.5 Å². The van der Waals surface area contributed by atoms with Crippen molar-refractivity contribution in [3.05, 3.63) is 112 Å². The van der Waals surface area contributed by atoms with Crippen molar-refractivity contribution in [3.63, 3.8) is 0 Å². The van der Waals surface area contributed by atoms with E-state index in [1.807, 2.05) is 12.3 Å². The summed E-state index contributed by atoms with van der Waals surface area (Å²) >= 11 is 3.71. The van der Waals surface area contributed by atoms with Gasteiger partial charge in [-0.2, -0.15) is 0 Å². The van der Waals surface area contributed by atoms with E-state index >= 15 is 0 Å². The van der Waals surface area contributed by atoms with E-state index in [0.717, 1.165) is 23.0 Å². The molecule has 1 spiro atoms. The molecule has 0 fully saturated rings. The topological polar surface area (TPSA) is 12.9 Å². The average Bonchev–Trinajstić information content (AvgIpc) is 3.25. The van der Waals surface area contributed by atoms with Crippen molar-refractivity contribution in [2.45, 2.75) is 18.3 Å². The largest absolute Gasteiger partial charge is 0.256 e. The molecule has 28 heavy (non-hydrogen) atoms. The summed E-state index contributed by atoms with van der Waals surface area (Å²) in [7, 11) is 0. The van der Waals surface area contributed by atoms with Gasteiger partial charge in [-0.05, 0) is 76.6 Å². The maximum atomic E-state index is 4.54. The second kappa shape index (κ2) is 5.89. The van der Waals surface area contributed by atoms with Crippen LogP contribution in [0.2, 0.25) is 0 Å². The number of benzene rings is 3. The molecular formula is C26H18BrN. The first-order chi connectivity index (χ1) is 13.7. The maximum Gasteiger partial charge on any atom is 0.0702 e. The zero-order valence-corrected chi connectivity index (χ0v) is 16.9. The third-order valence-electron chi connectivity index (χ3n) is 6.38. The van der Waals surface area contributed by atoms with Gasteiger partial charge in [0.25, 0.3) is 0 Å². The van der Waals surface area contributed by atoms with E-state index in [2.05, 4.69) is 93.7 Å². The lowest BCUT2D eigenvalue weighted by Crippen LogP contribution is -2.25. The van der Waals surface area contributed by atoms with E-state index in [-0.39, 0.29) is 5.41 Å². The van der Waals surface area contributed by atoms with Gasteiger partial charge in [-0.25, -0.2) is 0 Å². The van der Waals surface area contributed by atoms with E-state index in [1.165, 1.54) is 38.9 Å². The van der Waals surface area contributed by atoms with Crippen molar-refractivity contribution in [3.8, 4) is 22.4 Å². The Balaban J connectivity index is 1.53. The molecule has 1 unspecified atom stereocenters. The first kappa shape index (κ1) is 16.3. The predicted octanol–water partition coefficient (Wildman–Crippen LogP) is 6.58. The number of pyridine rings is 1. The molecule has 2 aliphatic rings. The Morgan fingerprint density at radius 2 is 1.54 bits per heavy atom. The zero-order chi connectivity index (χ0) is 18.7. The van der Waals surface area contributed by atoms with E-state index in [4.69, 9.17) is 0 Å². The Bertz CT molecular complexity index is 1230. The smallest absolute Gasteiger partial charge is 0.0702 e. The fraction of sp³-hybridized carbons (Fsp3) is 0.115. The van der Waals surface area contributed by atoms with Gasteiger partial charge in [0.1, 0.15) is 0 Å². The van der Waals surface area contributed by atoms with Crippen LogP contribution in [0.1, 0.15) is 22.3 Å². The van der Waals surface area contributed by atoms with Crippen molar-refractivity contribution >= 4 is 15.9 Å². The van der Waals surface area contributed by atoms with Crippen LogP contribution in [0.5, 0.6) is 0 Å². The fourth-order valence-electron chi connectivity index (χ4n) is 5.18. The summed E-state index contributed by atoms with van der Waals surface area (Å²) in [6.07, 6.45) is 3.97. The Kier molecular flexibility index (Phi) is 3.42. The summed E-state index contributed by atoms with van der Waals surface area (Å²) < 4.78 is 1.16. The molecule has 0 saturated heterocycles. The second-order valence-electron chi connectivity index (χ2n) is 7.87. The predicted molar refractivity (Wildman–Crippen MR) is 117 cm³/mol. The summed E-state index contributed by atoms with van der Waals surface area (Å²) in [5.74, 6) is 0. The van der Waals surface area contributed by atoms with Gasteiger partial charge in [-0.15, -0.1) is 0 Å². The van der Waals surface area contributed by atoms with Gasteiger partial charge in [0.05, 0.1) is 5.69 Å². The van der Waals surface area contributed by atoms with Crippen LogP contribution in [0.3, 0.4) is 0 Å². The molecule has 134 valence electrons. The van der Waals surface area contributed by atoms with Gasteiger partial charge in [0.2, 0.25) is 0 Å². The third-order valence-corrected chi connectivity index (χ3v) is 6.87. The molecule has 2 aliphatic carbocycles. The number of hydrogen-bond donors (Lipinski definition) is 0. The number of nitrogens with zero attached hydrogens (tertiary/aromatic N) is 1. The SMILES string of the molecule is Brc1ccc2c(c1)C1(Cc3ccc(-c4ccccn4)cc3C1)c1ccccc1-2. The molecule has 0 bridgehead atoms. The Morgan fingerprint density at radius 1 is 0.714 bits per heavy atom. The lowest BCUT2D eigenvalue weighted by Gasteiger charge is -2.26. The zero-order valence-electron chi connectivity index (χ0n) is 15.3. The molecule has 4 aromatic rings. The van der Waals surface area contributed by atoms with Crippen molar-refractivity contribution in [2.24, 2.45) is 0 Å². The number of aromatic nitrogens is 1. The number of rotatable bonds is 1. The number of hydrogen-bond acceptors (Lipinski definition) is 1. The summed E-state index contributed by atoms with van der Waals surface area (Å²) in [6, 6.07) is 28.7. The normalized spacial score (nSPS) is 18.8. The molecule has 1 atom stereocenters. The Labute approximate surface area is 173 Å². The Hall–Kier alpha value is -2.71. The highest BCUT2D eigenvalue weighted by atomic mass is 79.9. The van der Waals surface area contributed by atoms with Crippen LogP contribution in [0.4, 0.5) is 0 Å². The minimum absolute atomic E-state index is 0.0424. The summed E-state index contributed by atoms with van der Waals surface area (Å²) in [6.45, 7) is 0. The molecular weight excluding hydrogens is 406 g/mol. The van der Waals surface area contributed by atoms with Crippen LogP contribution in [-0.4, -0.2) is 4.98 Å². The highest BCUT2D eigenvalue weighted by molar-refractivity contribution is 9.10. The minimum atomic E-state index is 0.0424. The standard InChI is InChI=1S/C26H18BrN/c27-20-10-11-22-21-5-1-2-6-23(21)26(24(22)14-20)15-18-9-8-17(13-19(18)16-26)25-7-3-4-12-28-25/h1-14H,15-16H2. The molecule has 0 saturated carbocycles. The van der Waals surface area contributed by atoms with Crippen LogP contribution in [0, 0.1) is 0 Å². The van der Waals surface area contributed by atoms with Crippen LogP contribution in [-0.2, 0) is 18.3 Å². The van der Waals surface area contributed by atoms with Gasteiger partial charge < -0.3 is 0 Å². The van der Waals surface area contributed by atoms with Crippen LogP contribution in [0.25, 0.3) is 22.4 Å². The quantitative estimate of drug-likeness (QED) is 0.337. The van der Waals surface area contributed by atoms with Crippen molar-refractivity contribution in [1.29, 1.82) is 0 Å². The van der Waals surface area contributed by atoms with Gasteiger partial charge in [0, 0.05) is 21.6 Å². The van der Waals surface area contributed by atoms with Crippen LogP contribution >= 0.6 is 15.9 Å². The molecule has 0 radical (unpaired) electrons. The summed E-state index contributed by atoms with van der Waals surface area (Å²) in [4.78, 5) is 4.54. The summed E-state index contributed by atoms with van der Waals surface area (Å²) in [5.41, 5.74) is 10.9. The average molecular weight is 424 g/mol. The fourth-order valence-corrected chi connectivity index (χ4v) is 5.54. The molecule has 1 aromatic heterocycles. The first-order valence-corrected chi connectivity index (χ1v) is 10.5. The van der Waals surface area contributed by atoms with Crippen molar-refractivity contribution < 1.29 is 0 Å². The van der Waals surface area contributed by atoms with E-state index in [0.29, 0.717) is 0 Å². The lowest BCUT2D eigenvalue weighted by molar-refractivity contribution is 0.563. The second-order valence-corrected chi connectivity index (χ2v) is 8.79. The molecule has 2 heteroatoms. The monoisotopic (exact) mass is 423 g/mol. The van der Waals surface area contributed by atoms with E-state index < -0.39 is 0 Å². The van der Waals surface area contributed by atoms with Gasteiger partial charge >= 0.3 is 0 Å². The minimum Gasteiger partial charge on any atom is -0.256 e. The van der Waals surface area contributed by atoms with Crippen LogP contribution < -0.4 is 0 Å². The van der Waals surface area contributed by atoms with Crippen LogP contribution in [0.15, 0.2) is 89.5 Å². The highest BCUT2D eigenvalue weighted by Gasteiger charge is 2.47. The first-order valence-electron chi connectivity index (χ1n) is 9.68. The molecule has 6 rings (SSSR count). The molecule has 0 N–H and O–H groups in total. The third kappa shape index (κ3) is 2.21.